The van der Waals surface area contributed by atoms with Crippen molar-refractivity contribution in [1.29, 1.82) is 0 Å². The van der Waals surface area contributed by atoms with Gasteiger partial charge in [-0.3, -0.25) is 0 Å². The molecule has 0 bridgehead atoms. The van der Waals surface area contributed by atoms with E-state index in [9.17, 15) is 0 Å². The molecular weight excluding hydrogens is 789 g/mol. The molecule has 3 heteroatoms. The first-order chi connectivity index (χ1) is 32.2. The lowest BCUT2D eigenvalue weighted by atomic mass is 9.74. The van der Waals surface area contributed by atoms with Crippen LogP contribution >= 0.6 is 0 Å². The van der Waals surface area contributed by atoms with E-state index >= 15 is 0 Å². The van der Waals surface area contributed by atoms with Gasteiger partial charge < -0.3 is 13.6 Å². The van der Waals surface area contributed by atoms with E-state index in [-0.39, 0.29) is 5.92 Å². The molecule has 3 aromatic heterocycles. The summed E-state index contributed by atoms with van der Waals surface area (Å²) < 4.78 is 11.4. The maximum Gasteiger partial charge on any atom is 0.136 e. The van der Waals surface area contributed by atoms with Crippen molar-refractivity contribution in [2.45, 2.75) is 12.3 Å². The summed E-state index contributed by atoms with van der Waals surface area (Å²) in [6.45, 7) is 0. The van der Waals surface area contributed by atoms with Crippen molar-refractivity contribution in [2.75, 3.05) is 0 Å². The van der Waals surface area contributed by atoms with E-state index in [1.807, 2.05) is 0 Å². The third kappa shape index (κ3) is 5.49. The van der Waals surface area contributed by atoms with Crippen molar-refractivity contribution >= 4 is 65.6 Å². The van der Waals surface area contributed by atoms with E-state index in [1.54, 1.807) is 0 Å². The number of rotatable bonds is 5. The summed E-state index contributed by atoms with van der Waals surface area (Å²) in [5.74, 6) is 0.238. The van der Waals surface area contributed by atoms with Crippen LogP contribution in [0.2, 0.25) is 0 Å². The lowest BCUT2D eigenvalue weighted by Gasteiger charge is -2.29. The highest BCUT2D eigenvalue weighted by molar-refractivity contribution is 6.16. The number of benzene rings is 10. The standard InChI is InChI=1S/C62H40N2O/c1-4-15-39(16-5-1)50-36-43-37-59-54(49-22-11-13-25-57(49)64(59)45-19-8-3-9-20-45)38-51(43)52-33-40(27-30-47(50)52)41-29-32-60-55(34-41)62-46(23-14-26-61(62)65-60)42-28-31-58-53(35-42)48-21-10-12-24-56(48)63(58)44-17-6-2-7-18-44/h1-35,37-38,50H,36H2. The Labute approximate surface area is 375 Å². The number of aromatic nitrogens is 2. The molecule has 3 nitrogen and oxygen atoms in total. The Morgan fingerprint density at radius 3 is 1.68 bits per heavy atom. The fraction of sp³-hybridized carbons (Fsp3) is 0.0323. The molecule has 3 heterocycles. The number of nitrogens with zero attached hydrogens (tertiary/aromatic N) is 2. The molecule has 0 amide bonds. The number of furan rings is 1. The summed E-state index contributed by atoms with van der Waals surface area (Å²) >= 11 is 0. The lowest BCUT2D eigenvalue weighted by molar-refractivity contribution is 0.669. The van der Waals surface area contributed by atoms with Gasteiger partial charge >= 0.3 is 0 Å². The topological polar surface area (TPSA) is 23.0 Å². The van der Waals surface area contributed by atoms with Crippen molar-refractivity contribution in [3.63, 3.8) is 0 Å². The van der Waals surface area contributed by atoms with Gasteiger partial charge in [-0.1, -0.05) is 140 Å². The van der Waals surface area contributed by atoms with Gasteiger partial charge in [-0.05, 0) is 141 Å². The van der Waals surface area contributed by atoms with Crippen molar-refractivity contribution in [1.82, 2.24) is 9.13 Å². The van der Waals surface area contributed by atoms with Gasteiger partial charge in [0.25, 0.3) is 0 Å². The number of hydrogen-bond acceptors (Lipinski definition) is 1. The lowest BCUT2D eigenvalue weighted by Crippen LogP contribution is -2.13. The maximum absolute atomic E-state index is 6.63. The van der Waals surface area contributed by atoms with Crippen molar-refractivity contribution < 1.29 is 4.42 Å². The molecular formula is C62H40N2O. The third-order valence-corrected chi connectivity index (χ3v) is 14.1. The third-order valence-electron chi connectivity index (χ3n) is 14.1. The molecule has 65 heavy (non-hydrogen) atoms. The Morgan fingerprint density at radius 2 is 0.938 bits per heavy atom. The molecule has 0 spiro atoms. The van der Waals surface area contributed by atoms with Crippen LogP contribution in [0.15, 0.2) is 229 Å². The molecule has 0 aliphatic heterocycles. The van der Waals surface area contributed by atoms with Gasteiger partial charge in [0.15, 0.2) is 0 Å². The van der Waals surface area contributed by atoms with Crippen LogP contribution in [-0.4, -0.2) is 9.13 Å². The van der Waals surface area contributed by atoms with Crippen LogP contribution in [0.1, 0.15) is 22.6 Å². The highest BCUT2D eigenvalue weighted by Crippen LogP contribution is 2.48. The monoisotopic (exact) mass is 828 g/mol. The minimum Gasteiger partial charge on any atom is -0.456 e. The van der Waals surface area contributed by atoms with Crippen molar-refractivity contribution in [3.8, 4) is 44.8 Å². The molecule has 1 unspecified atom stereocenters. The molecule has 0 fully saturated rings. The fourth-order valence-electron chi connectivity index (χ4n) is 11.2. The zero-order chi connectivity index (χ0) is 42.6. The van der Waals surface area contributed by atoms with Gasteiger partial charge in [-0.2, -0.15) is 0 Å². The van der Waals surface area contributed by atoms with E-state index in [2.05, 4.69) is 234 Å². The highest BCUT2D eigenvalue weighted by Gasteiger charge is 2.28. The van der Waals surface area contributed by atoms with Crippen molar-refractivity contribution in [2.24, 2.45) is 0 Å². The fourth-order valence-corrected chi connectivity index (χ4v) is 11.2. The minimum absolute atomic E-state index is 0.238. The number of para-hydroxylation sites is 4. The molecule has 1 aliphatic rings. The summed E-state index contributed by atoms with van der Waals surface area (Å²) in [4.78, 5) is 0. The van der Waals surface area contributed by atoms with Gasteiger partial charge in [0, 0.05) is 49.6 Å². The van der Waals surface area contributed by atoms with Gasteiger partial charge in [0.1, 0.15) is 11.2 Å². The minimum atomic E-state index is 0.238. The summed E-state index contributed by atoms with van der Waals surface area (Å²) in [5, 5.41) is 7.28. The Bertz CT molecular complexity index is 4020. The van der Waals surface area contributed by atoms with Crippen LogP contribution in [0, 0.1) is 0 Å². The van der Waals surface area contributed by atoms with Gasteiger partial charge in [-0.25, -0.2) is 0 Å². The van der Waals surface area contributed by atoms with Gasteiger partial charge in [0.2, 0.25) is 0 Å². The SMILES string of the molecule is c1ccc(C2Cc3cc4c(cc3-c3cc(-c5ccc6oc7cccc(-c8ccc9c(c8)c8ccccc8n9-c8ccccc8)c7c6c5)ccc32)c2ccccc2n4-c2ccccc2)cc1. The van der Waals surface area contributed by atoms with Crippen LogP contribution in [0.3, 0.4) is 0 Å². The highest BCUT2D eigenvalue weighted by atomic mass is 16.3. The average Bonchev–Trinajstić information content (AvgIpc) is 4.03. The van der Waals surface area contributed by atoms with E-state index in [4.69, 9.17) is 4.42 Å². The molecule has 10 aromatic carbocycles. The molecule has 1 aliphatic carbocycles. The zero-order valence-corrected chi connectivity index (χ0v) is 35.4. The quantitative estimate of drug-likeness (QED) is 0.169. The van der Waals surface area contributed by atoms with E-state index < -0.39 is 0 Å². The van der Waals surface area contributed by atoms with Crippen molar-refractivity contribution in [3.05, 3.63) is 241 Å². The molecule has 13 aromatic rings. The molecule has 0 radical (unpaired) electrons. The van der Waals surface area contributed by atoms with Crippen LogP contribution in [-0.2, 0) is 6.42 Å². The maximum atomic E-state index is 6.63. The normalized spacial score (nSPS) is 13.6. The summed E-state index contributed by atoms with van der Waals surface area (Å²) in [7, 11) is 0. The Balaban J connectivity index is 0.943. The zero-order valence-electron chi connectivity index (χ0n) is 35.4. The Kier molecular flexibility index (Phi) is 7.81. The largest absolute Gasteiger partial charge is 0.456 e. The smallest absolute Gasteiger partial charge is 0.136 e. The first kappa shape index (κ1) is 36.1. The molecule has 14 rings (SSSR count). The van der Waals surface area contributed by atoms with E-state index in [0.29, 0.717) is 0 Å². The van der Waals surface area contributed by atoms with Crippen LogP contribution in [0.5, 0.6) is 0 Å². The molecule has 0 N–H and O–H groups in total. The van der Waals surface area contributed by atoms with Gasteiger partial charge in [-0.15, -0.1) is 0 Å². The second-order valence-corrected chi connectivity index (χ2v) is 17.6. The molecule has 0 saturated heterocycles. The Morgan fingerprint density at radius 1 is 0.354 bits per heavy atom. The summed E-state index contributed by atoms with van der Waals surface area (Å²) in [6.07, 6.45) is 0.937. The number of hydrogen-bond donors (Lipinski definition) is 0. The predicted molar refractivity (Wildman–Crippen MR) is 271 cm³/mol. The Hall–Kier alpha value is -8.40. The molecule has 1 atom stereocenters. The second-order valence-electron chi connectivity index (χ2n) is 17.6. The van der Waals surface area contributed by atoms with E-state index in [0.717, 1.165) is 34.0 Å². The second kappa shape index (κ2) is 14.1. The molecule has 304 valence electrons. The van der Waals surface area contributed by atoms with Crippen LogP contribution in [0.25, 0.3) is 110 Å². The summed E-state index contributed by atoms with van der Waals surface area (Å²) in [5.41, 5.74) is 20.4. The van der Waals surface area contributed by atoms with Crippen LogP contribution < -0.4 is 0 Å². The average molecular weight is 829 g/mol. The predicted octanol–water partition coefficient (Wildman–Crippen LogP) is 16.5. The first-order valence-electron chi connectivity index (χ1n) is 22.6. The summed E-state index contributed by atoms with van der Waals surface area (Å²) in [6, 6.07) is 82.4. The van der Waals surface area contributed by atoms with Gasteiger partial charge in [0.05, 0.1) is 22.1 Å². The number of fused-ring (bicyclic) bond motifs is 12. The first-order valence-corrected chi connectivity index (χ1v) is 22.6. The molecule has 0 saturated carbocycles. The van der Waals surface area contributed by atoms with E-state index in [1.165, 1.54) is 99.4 Å². The van der Waals surface area contributed by atoms with Crippen LogP contribution in [0.4, 0.5) is 0 Å².